The minimum absolute atomic E-state index is 0.150. The van der Waals surface area contributed by atoms with Gasteiger partial charge in [-0.3, -0.25) is 25.2 Å². The van der Waals surface area contributed by atoms with Crippen LogP contribution in [-0.4, -0.2) is 32.6 Å². The van der Waals surface area contributed by atoms with Crippen molar-refractivity contribution in [2.45, 2.75) is 0 Å². The Labute approximate surface area is 186 Å². The van der Waals surface area contributed by atoms with E-state index in [1.165, 1.54) is 28.3 Å². The molecule has 2 aromatic carbocycles. The summed E-state index contributed by atoms with van der Waals surface area (Å²) in [4.78, 5) is 37.9. The molecule has 0 saturated carbocycles. The van der Waals surface area contributed by atoms with Gasteiger partial charge in [0.15, 0.2) is 11.4 Å². The van der Waals surface area contributed by atoms with Crippen molar-refractivity contribution in [3.63, 3.8) is 0 Å². The number of thiophene rings is 1. The molecular weight excluding hydrogens is 430 g/mol. The van der Waals surface area contributed by atoms with E-state index in [0.29, 0.717) is 10.6 Å². The lowest BCUT2D eigenvalue weighted by Crippen LogP contribution is -2.42. The molecule has 3 amide bonds. The molecule has 2 aromatic heterocycles. The third kappa shape index (κ3) is 4.50. The Hall–Kier alpha value is -4.44. The van der Waals surface area contributed by atoms with E-state index in [2.05, 4.69) is 21.3 Å². The summed E-state index contributed by atoms with van der Waals surface area (Å²) in [5.41, 5.74) is 5.33. The van der Waals surface area contributed by atoms with Crippen molar-refractivity contribution in [2.24, 2.45) is 0 Å². The third-order valence-corrected chi connectivity index (χ3v) is 5.25. The zero-order chi connectivity index (χ0) is 22.5. The van der Waals surface area contributed by atoms with Gasteiger partial charge >= 0.3 is 0 Å². The van der Waals surface area contributed by atoms with Gasteiger partial charge in [-0.2, -0.15) is 5.10 Å². The van der Waals surface area contributed by atoms with Crippen LogP contribution in [0.5, 0.6) is 5.75 Å². The lowest BCUT2D eigenvalue weighted by molar-refractivity contribution is 0.0842. The molecular formula is C22H17N5O4S. The van der Waals surface area contributed by atoms with Crippen molar-refractivity contribution in [3.05, 3.63) is 94.4 Å². The lowest BCUT2D eigenvalue weighted by Gasteiger charge is -2.11. The maximum absolute atomic E-state index is 12.6. The van der Waals surface area contributed by atoms with Crippen LogP contribution in [0.15, 0.2) is 78.3 Å². The van der Waals surface area contributed by atoms with E-state index in [4.69, 9.17) is 0 Å². The minimum Gasteiger partial charge on any atom is -0.504 e. The number of hydrogen-bond acceptors (Lipinski definition) is 6. The van der Waals surface area contributed by atoms with Crippen molar-refractivity contribution in [2.75, 3.05) is 5.32 Å². The first kappa shape index (κ1) is 20.8. The number of carbonyl (C=O) groups is 3. The minimum atomic E-state index is -0.800. The van der Waals surface area contributed by atoms with Crippen LogP contribution in [0.1, 0.15) is 30.5 Å². The Bertz CT molecular complexity index is 1270. The van der Waals surface area contributed by atoms with E-state index in [0.717, 1.165) is 0 Å². The molecule has 9 nitrogen and oxygen atoms in total. The van der Waals surface area contributed by atoms with Gasteiger partial charge in [0.25, 0.3) is 17.7 Å². The van der Waals surface area contributed by atoms with E-state index in [-0.39, 0.29) is 28.6 Å². The Morgan fingerprint density at radius 3 is 2.31 bits per heavy atom. The number of anilines is 1. The largest absolute Gasteiger partial charge is 0.504 e. The molecule has 0 atom stereocenters. The Balaban J connectivity index is 1.44. The van der Waals surface area contributed by atoms with Gasteiger partial charge in [0.05, 0.1) is 28.0 Å². The summed E-state index contributed by atoms with van der Waals surface area (Å²) in [6.07, 6.45) is 1.29. The summed E-state index contributed by atoms with van der Waals surface area (Å²) in [5.74, 6) is -2.14. The predicted octanol–water partition coefficient (Wildman–Crippen LogP) is 2.97. The van der Waals surface area contributed by atoms with Crippen LogP contribution in [0, 0.1) is 0 Å². The number of carbonyl (C=O) groups excluding carboxylic acids is 3. The third-order valence-electron chi connectivity index (χ3n) is 4.39. The van der Waals surface area contributed by atoms with Gasteiger partial charge in [-0.15, -0.1) is 11.3 Å². The highest BCUT2D eigenvalue weighted by Gasteiger charge is 2.19. The number of para-hydroxylation sites is 2. The molecule has 0 saturated heterocycles. The molecule has 0 aliphatic carbocycles. The van der Waals surface area contributed by atoms with Gasteiger partial charge in [0, 0.05) is 0 Å². The molecule has 0 aliphatic heterocycles. The number of benzene rings is 2. The summed E-state index contributed by atoms with van der Waals surface area (Å²) in [5, 5.41) is 18.6. The molecule has 0 radical (unpaired) electrons. The maximum atomic E-state index is 12.6. The first-order valence-corrected chi connectivity index (χ1v) is 10.3. The van der Waals surface area contributed by atoms with E-state index in [1.807, 2.05) is 6.07 Å². The molecule has 4 aromatic rings. The van der Waals surface area contributed by atoms with Crippen LogP contribution in [-0.2, 0) is 0 Å². The average molecular weight is 447 g/mol. The summed E-state index contributed by atoms with van der Waals surface area (Å²) in [6.45, 7) is 0. The number of aromatic hydroxyl groups is 1. The second kappa shape index (κ2) is 9.14. The molecule has 160 valence electrons. The Kier molecular flexibility index (Phi) is 5.95. The normalized spacial score (nSPS) is 10.4. The van der Waals surface area contributed by atoms with E-state index >= 15 is 0 Å². The molecule has 4 N–H and O–H groups in total. The summed E-state index contributed by atoms with van der Waals surface area (Å²) >= 11 is 1.28. The smallest absolute Gasteiger partial charge is 0.294 e. The number of nitrogens with one attached hydrogen (secondary N) is 3. The van der Waals surface area contributed by atoms with Crippen LogP contribution < -0.4 is 16.2 Å². The molecule has 4 rings (SSSR count). The van der Waals surface area contributed by atoms with Crippen molar-refractivity contribution >= 4 is 34.7 Å². The van der Waals surface area contributed by atoms with Gasteiger partial charge in [-0.05, 0) is 35.7 Å². The van der Waals surface area contributed by atoms with Gasteiger partial charge in [-0.25, -0.2) is 4.68 Å². The van der Waals surface area contributed by atoms with Crippen LogP contribution >= 0.6 is 11.3 Å². The van der Waals surface area contributed by atoms with Crippen LogP contribution in [0.25, 0.3) is 5.69 Å². The quantitative estimate of drug-likeness (QED) is 0.350. The van der Waals surface area contributed by atoms with Crippen LogP contribution in [0.2, 0.25) is 0 Å². The van der Waals surface area contributed by atoms with E-state index < -0.39 is 11.8 Å². The number of hydrazine groups is 1. The van der Waals surface area contributed by atoms with E-state index in [9.17, 15) is 19.5 Å². The Morgan fingerprint density at radius 2 is 1.56 bits per heavy atom. The average Bonchev–Trinajstić information content (AvgIpc) is 3.48. The van der Waals surface area contributed by atoms with Crippen molar-refractivity contribution in [1.29, 1.82) is 0 Å². The first-order chi connectivity index (χ1) is 15.5. The summed E-state index contributed by atoms with van der Waals surface area (Å²) < 4.78 is 1.35. The molecule has 0 spiro atoms. The maximum Gasteiger partial charge on any atom is 0.294 e. The monoisotopic (exact) mass is 447 g/mol. The van der Waals surface area contributed by atoms with Gasteiger partial charge in [0.1, 0.15) is 0 Å². The van der Waals surface area contributed by atoms with Crippen LogP contribution in [0.4, 0.5) is 5.69 Å². The van der Waals surface area contributed by atoms with Gasteiger partial charge < -0.3 is 10.4 Å². The van der Waals surface area contributed by atoms with Crippen molar-refractivity contribution in [1.82, 2.24) is 20.6 Å². The van der Waals surface area contributed by atoms with Gasteiger partial charge in [-0.1, -0.05) is 36.4 Å². The van der Waals surface area contributed by atoms with Gasteiger partial charge in [0.2, 0.25) is 0 Å². The fourth-order valence-electron chi connectivity index (χ4n) is 2.86. The molecule has 0 unspecified atom stereocenters. The predicted molar refractivity (Wildman–Crippen MR) is 119 cm³/mol. The molecule has 10 heteroatoms. The number of hydrogen-bond donors (Lipinski definition) is 4. The number of rotatable bonds is 5. The zero-order valence-electron chi connectivity index (χ0n) is 16.5. The fraction of sp³-hybridized carbons (Fsp3) is 0. The van der Waals surface area contributed by atoms with Crippen molar-refractivity contribution < 1.29 is 19.5 Å². The van der Waals surface area contributed by atoms with E-state index in [1.54, 1.807) is 60.0 Å². The Morgan fingerprint density at radius 1 is 0.844 bits per heavy atom. The van der Waals surface area contributed by atoms with Crippen molar-refractivity contribution in [3.8, 4) is 11.4 Å². The molecule has 2 heterocycles. The zero-order valence-corrected chi connectivity index (χ0v) is 17.3. The standard InChI is InChI=1S/C22H17N5O4S/c28-17-13-27(14-7-2-1-3-8-14)26-19(17)22(31)25-24-20(29)15-9-4-5-10-16(15)23-21(30)18-11-6-12-32-18/h1-13,28H,(H,23,30)(H,24,29)(H,25,31). The molecule has 32 heavy (non-hydrogen) atoms. The molecule has 0 bridgehead atoms. The lowest BCUT2D eigenvalue weighted by atomic mass is 10.1. The number of aromatic nitrogens is 2. The number of amides is 3. The highest BCUT2D eigenvalue weighted by molar-refractivity contribution is 7.12. The fourth-order valence-corrected chi connectivity index (χ4v) is 3.48. The SMILES string of the molecule is O=C(Nc1ccccc1C(=O)NNC(=O)c1nn(-c2ccccc2)cc1O)c1cccs1. The second-order valence-electron chi connectivity index (χ2n) is 6.53. The molecule has 0 aliphatic rings. The second-order valence-corrected chi connectivity index (χ2v) is 7.48. The van der Waals surface area contributed by atoms with Crippen LogP contribution in [0.3, 0.4) is 0 Å². The highest BCUT2D eigenvalue weighted by atomic mass is 32.1. The first-order valence-electron chi connectivity index (χ1n) is 9.41. The highest BCUT2D eigenvalue weighted by Crippen LogP contribution is 2.19. The summed E-state index contributed by atoms with van der Waals surface area (Å²) in [6, 6.07) is 18.8. The molecule has 0 fully saturated rings. The number of nitrogens with zero attached hydrogens (tertiary/aromatic N) is 2. The summed E-state index contributed by atoms with van der Waals surface area (Å²) in [7, 11) is 0. The topological polar surface area (TPSA) is 125 Å².